The van der Waals surface area contributed by atoms with Gasteiger partial charge in [0.05, 0.1) is 0 Å². The lowest BCUT2D eigenvalue weighted by molar-refractivity contribution is -0.123. The molecule has 0 radical (unpaired) electrons. The number of nitrogens with one attached hydrogen (secondary N) is 1. The van der Waals surface area contributed by atoms with Gasteiger partial charge < -0.3 is 11.1 Å². The summed E-state index contributed by atoms with van der Waals surface area (Å²) in [7, 11) is 0. The highest BCUT2D eigenvalue weighted by atomic mass is 35.5. The average molecular weight is 329 g/mol. The van der Waals surface area contributed by atoms with Crippen LogP contribution in [0.1, 0.15) is 37.2 Å². The van der Waals surface area contributed by atoms with Gasteiger partial charge in [-0.05, 0) is 55.3 Å². The monoisotopic (exact) mass is 328 g/mol. The Hall–Kier alpha value is -0.770. The van der Waals surface area contributed by atoms with Crippen LogP contribution in [0.2, 0.25) is 5.02 Å². The van der Waals surface area contributed by atoms with Crippen LogP contribution < -0.4 is 11.1 Å². The average Bonchev–Trinajstić information content (AvgIpc) is 3.13. The first kappa shape index (κ1) is 16.6. The molecule has 0 bridgehead atoms. The second kappa shape index (κ2) is 6.99. The van der Waals surface area contributed by atoms with E-state index in [1.54, 1.807) is 0 Å². The summed E-state index contributed by atoms with van der Waals surface area (Å²) in [6, 6.07) is 8.13. The fraction of sp³-hybridized carbons (Fsp3) is 0.562. The largest absolute Gasteiger partial charge is 0.353 e. The van der Waals surface area contributed by atoms with Crippen molar-refractivity contribution in [1.29, 1.82) is 0 Å². The third-order valence-electron chi connectivity index (χ3n) is 4.69. The van der Waals surface area contributed by atoms with Crippen LogP contribution in [-0.2, 0) is 4.79 Å². The number of carbonyl (C=O) groups is 1. The molecule has 21 heavy (non-hydrogen) atoms. The van der Waals surface area contributed by atoms with Gasteiger partial charge in [0, 0.05) is 17.0 Å². The van der Waals surface area contributed by atoms with E-state index in [0.717, 1.165) is 24.3 Å². The first-order valence-electron chi connectivity index (χ1n) is 7.45. The summed E-state index contributed by atoms with van der Waals surface area (Å²) in [5, 5.41) is 3.95. The fourth-order valence-electron chi connectivity index (χ4n) is 3.39. The van der Waals surface area contributed by atoms with E-state index < -0.39 is 0 Å². The molecule has 4 unspecified atom stereocenters. The number of halogens is 2. The fourth-order valence-corrected chi connectivity index (χ4v) is 3.59. The number of amides is 1. The number of carbonyl (C=O) groups excluding carboxylic acids is 1. The Morgan fingerprint density at radius 3 is 2.90 bits per heavy atom. The smallest absolute Gasteiger partial charge is 0.223 e. The Kier molecular flexibility index (Phi) is 5.53. The maximum atomic E-state index is 12.3. The van der Waals surface area contributed by atoms with Gasteiger partial charge in [0.25, 0.3) is 0 Å². The predicted molar refractivity (Wildman–Crippen MR) is 87.9 cm³/mol. The van der Waals surface area contributed by atoms with Gasteiger partial charge in [0.1, 0.15) is 0 Å². The molecule has 0 heterocycles. The lowest BCUT2D eigenvalue weighted by Gasteiger charge is -2.19. The standard InChI is InChI=1S/C16H21ClN2O.ClH/c17-12-5-1-3-10(7-12)13-8-14(13)16(20)19-15-6-2-4-11(15)9-18;/h1,3,5,7,11,13-15H,2,4,6,8-9,18H2,(H,19,20);1H. The highest BCUT2D eigenvalue weighted by molar-refractivity contribution is 6.30. The molecular weight excluding hydrogens is 307 g/mol. The zero-order valence-corrected chi connectivity index (χ0v) is 13.5. The van der Waals surface area contributed by atoms with E-state index in [0.29, 0.717) is 18.4 Å². The Bertz CT molecular complexity index is 509. The molecular formula is C16H22Cl2N2O. The molecule has 5 heteroatoms. The van der Waals surface area contributed by atoms with Gasteiger partial charge in [-0.15, -0.1) is 12.4 Å². The van der Waals surface area contributed by atoms with Crippen LogP contribution in [0, 0.1) is 11.8 Å². The molecule has 2 aliphatic rings. The Balaban J connectivity index is 0.00000161. The van der Waals surface area contributed by atoms with Crippen molar-refractivity contribution >= 4 is 29.9 Å². The zero-order chi connectivity index (χ0) is 14.1. The number of hydrogen-bond donors (Lipinski definition) is 2. The van der Waals surface area contributed by atoms with E-state index in [9.17, 15) is 4.79 Å². The molecule has 0 aromatic heterocycles. The van der Waals surface area contributed by atoms with Crippen molar-refractivity contribution in [2.24, 2.45) is 17.6 Å². The van der Waals surface area contributed by atoms with Gasteiger partial charge in [-0.1, -0.05) is 30.2 Å². The van der Waals surface area contributed by atoms with E-state index in [1.807, 2.05) is 18.2 Å². The molecule has 3 rings (SSSR count). The van der Waals surface area contributed by atoms with Crippen LogP contribution in [-0.4, -0.2) is 18.5 Å². The molecule has 0 spiro atoms. The lowest BCUT2D eigenvalue weighted by Crippen LogP contribution is -2.40. The van der Waals surface area contributed by atoms with Crippen molar-refractivity contribution in [3.05, 3.63) is 34.9 Å². The van der Waals surface area contributed by atoms with Crippen molar-refractivity contribution in [2.45, 2.75) is 37.6 Å². The predicted octanol–water partition coefficient (Wildman–Crippen LogP) is 3.11. The van der Waals surface area contributed by atoms with Gasteiger partial charge >= 0.3 is 0 Å². The van der Waals surface area contributed by atoms with E-state index in [1.165, 1.54) is 12.0 Å². The summed E-state index contributed by atoms with van der Waals surface area (Å²) >= 11 is 6.00. The van der Waals surface area contributed by atoms with Gasteiger partial charge in [-0.2, -0.15) is 0 Å². The van der Waals surface area contributed by atoms with Crippen LogP contribution in [0.5, 0.6) is 0 Å². The van der Waals surface area contributed by atoms with Crippen LogP contribution in [0.3, 0.4) is 0 Å². The summed E-state index contributed by atoms with van der Waals surface area (Å²) in [6.45, 7) is 0.674. The Morgan fingerprint density at radius 2 is 2.19 bits per heavy atom. The molecule has 1 aromatic carbocycles. The first-order chi connectivity index (χ1) is 9.69. The third-order valence-corrected chi connectivity index (χ3v) is 4.93. The maximum Gasteiger partial charge on any atom is 0.223 e. The van der Waals surface area contributed by atoms with Crippen LogP contribution >= 0.6 is 24.0 Å². The quantitative estimate of drug-likeness (QED) is 0.892. The normalized spacial score (nSPS) is 30.6. The molecule has 3 N–H and O–H groups in total. The van der Waals surface area contributed by atoms with Gasteiger partial charge in [-0.3, -0.25) is 4.79 Å². The number of benzene rings is 1. The molecule has 2 aliphatic carbocycles. The first-order valence-corrected chi connectivity index (χ1v) is 7.82. The second-order valence-electron chi connectivity index (χ2n) is 6.05. The van der Waals surface area contributed by atoms with Crippen molar-refractivity contribution < 1.29 is 4.79 Å². The molecule has 1 amide bonds. The molecule has 1 aromatic rings. The second-order valence-corrected chi connectivity index (χ2v) is 6.48. The highest BCUT2D eigenvalue weighted by Crippen LogP contribution is 2.48. The summed E-state index contributed by atoms with van der Waals surface area (Å²) in [4.78, 5) is 12.3. The van der Waals surface area contributed by atoms with Crippen molar-refractivity contribution in [2.75, 3.05) is 6.54 Å². The van der Waals surface area contributed by atoms with Gasteiger partial charge in [0.15, 0.2) is 0 Å². The maximum absolute atomic E-state index is 12.3. The van der Waals surface area contributed by atoms with E-state index >= 15 is 0 Å². The minimum Gasteiger partial charge on any atom is -0.353 e. The summed E-state index contributed by atoms with van der Waals surface area (Å²) in [5.41, 5.74) is 6.94. The minimum absolute atomic E-state index is 0. The molecule has 2 fully saturated rings. The van der Waals surface area contributed by atoms with Crippen LogP contribution in [0.4, 0.5) is 0 Å². The third kappa shape index (κ3) is 3.71. The summed E-state index contributed by atoms with van der Waals surface area (Å²) in [5.74, 6) is 1.11. The zero-order valence-electron chi connectivity index (χ0n) is 11.9. The van der Waals surface area contributed by atoms with Crippen molar-refractivity contribution in [3.63, 3.8) is 0 Å². The SMILES string of the molecule is Cl.NCC1CCCC1NC(=O)C1CC1c1cccc(Cl)c1. The molecule has 3 nitrogen and oxygen atoms in total. The highest BCUT2D eigenvalue weighted by Gasteiger charge is 2.45. The molecule has 2 saturated carbocycles. The minimum atomic E-state index is 0. The molecule has 4 atom stereocenters. The molecule has 0 saturated heterocycles. The Morgan fingerprint density at radius 1 is 1.38 bits per heavy atom. The van der Waals surface area contributed by atoms with E-state index in [2.05, 4.69) is 11.4 Å². The van der Waals surface area contributed by atoms with Gasteiger partial charge in [0.2, 0.25) is 5.91 Å². The van der Waals surface area contributed by atoms with Crippen molar-refractivity contribution in [1.82, 2.24) is 5.32 Å². The van der Waals surface area contributed by atoms with Gasteiger partial charge in [-0.25, -0.2) is 0 Å². The van der Waals surface area contributed by atoms with E-state index in [-0.39, 0.29) is 30.3 Å². The van der Waals surface area contributed by atoms with Crippen LogP contribution in [0.15, 0.2) is 24.3 Å². The number of nitrogens with two attached hydrogens (primary N) is 1. The lowest BCUT2D eigenvalue weighted by atomic mass is 10.0. The van der Waals surface area contributed by atoms with E-state index in [4.69, 9.17) is 17.3 Å². The number of hydrogen-bond acceptors (Lipinski definition) is 2. The Labute approximate surface area is 137 Å². The van der Waals surface area contributed by atoms with Crippen LogP contribution in [0.25, 0.3) is 0 Å². The topological polar surface area (TPSA) is 55.1 Å². The summed E-state index contributed by atoms with van der Waals surface area (Å²) in [6.07, 6.45) is 4.33. The molecule has 116 valence electrons. The number of rotatable bonds is 4. The molecule has 0 aliphatic heterocycles. The van der Waals surface area contributed by atoms with Crippen molar-refractivity contribution in [3.8, 4) is 0 Å². The summed E-state index contributed by atoms with van der Waals surface area (Å²) < 4.78 is 0.